The third-order valence-electron chi connectivity index (χ3n) is 3.89. The molecule has 0 aliphatic carbocycles. The largest absolute Gasteiger partial charge is 0.494 e. The van der Waals surface area contributed by atoms with Gasteiger partial charge in [0.05, 0.1) is 18.3 Å². The Bertz CT molecular complexity index is 509. The lowest BCUT2D eigenvalue weighted by atomic mass is 9.95. The van der Waals surface area contributed by atoms with Crippen molar-refractivity contribution in [1.29, 1.82) is 0 Å². The number of fused-ring (bicyclic) bond motifs is 2. The lowest BCUT2D eigenvalue weighted by Crippen LogP contribution is -2.43. The average Bonchev–Trinajstić information content (AvgIpc) is 3.00. The number of rotatable bonds is 3. The summed E-state index contributed by atoms with van der Waals surface area (Å²) >= 11 is 6.00. The van der Waals surface area contributed by atoms with E-state index in [1.54, 1.807) is 0 Å². The predicted molar refractivity (Wildman–Crippen MR) is 71.6 cm³/mol. The summed E-state index contributed by atoms with van der Waals surface area (Å²) in [6.45, 7) is 0. The number of ether oxygens (including phenoxy) is 1. The molecule has 6 heteroatoms. The van der Waals surface area contributed by atoms with Crippen molar-refractivity contribution in [2.75, 3.05) is 7.11 Å². The molecule has 2 N–H and O–H groups in total. The summed E-state index contributed by atoms with van der Waals surface area (Å²) < 4.78 is 5.02. The van der Waals surface area contributed by atoms with Crippen molar-refractivity contribution in [3.05, 3.63) is 23.0 Å². The van der Waals surface area contributed by atoms with Crippen molar-refractivity contribution in [3.63, 3.8) is 0 Å². The molecule has 2 aliphatic heterocycles. The number of nitrogens with zero attached hydrogens (tertiary/aromatic N) is 1. The number of methoxy groups -OCH3 is 1. The number of nitrogens with one attached hydrogen (secondary N) is 2. The minimum absolute atomic E-state index is 0.177. The summed E-state index contributed by atoms with van der Waals surface area (Å²) in [4.78, 5) is 16.2. The fraction of sp³-hybridized carbons (Fsp3) is 0.538. The van der Waals surface area contributed by atoms with Crippen LogP contribution in [0.3, 0.4) is 0 Å². The molecule has 1 aromatic heterocycles. The molecule has 3 rings (SSSR count). The first kappa shape index (κ1) is 12.7. The number of carbonyl (C=O) groups excluding carboxylic acids is 1. The van der Waals surface area contributed by atoms with E-state index in [-0.39, 0.29) is 11.9 Å². The standard InChI is InChI=1S/C13H16ClN3O2/c1-19-12-6-15-11(5-8(12)14)13(18)17-10-4-7-2-3-9(10)16-7/h5-7,9-10,16H,2-4H2,1H3,(H,17,18)/t7-,9+,10-/m1/s1. The molecule has 2 saturated heterocycles. The lowest BCUT2D eigenvalue weighted by Gasteiger charge is -2.21. The van der Waals surface area contributed by atoms with Gasteiger partial charge in [0.2, 0.25) is 0 Å². The summed E-state index contributed by atoms with van der Waals surface area (Å²) in [6.07, 6.45) is 4.81. The number of halogens is 1. The van der Waals surface area contributed by atoms with Crippen LogP contribution in [0.4, 0.5) is 0 Å². The third-order valence-corrected chi connectivity index (χ3v) is 4.18. The first-order valence-electron chi connectivity index (χ1n) is 6.44. The molecule has 0 saturated carbocycles. The van der Waals surface area contributed by atoms with Crippen molar-refractivity contribution in [3.8, 4) is 5.75 Å². The van der Waals surface area contributed by atoms with E-state index in [0.717, 1.165) is 12.8 Å². The van der Waals surface area contributed by atoms with E-state index < -0.39 is 0 Å². The summed E-state index contributed by atoms with van der Waals surface area (Å²) in [7, 11) is 1.52. The van der Waals surface area contributed by atoms with Crippen LogP contribution in [-0.4, -0.2) is 36.1 Å². The SMILES string of the molecule is COc1cnc(C(=O)N[C@@H]2C[C@H]3CC[C@@H]2N3)cc1Cl. The molecule has 1 aromatic rings. The number of hydrogen-bond donors (Lipinski definition) is 2. The van der Waals surface area contributed by atoms with Gasteiger partial charge < -0.3 is 15.4 Å². The van der Waals surface area contributed by atoms with Gasteiger partial charge in [-0.3, -0.25) is 4.79 Å². The van der Waals surface area contributed by atoms with Gasteiger partial charge in [0.25, 0.3) is 5.91 Å². The highest BCUT2D eigenvalue weighted by atomic mass is 35.5. The molecule has 3 heterocycles. The van der Waals surface area contributed by atoms with E-state index in [9.17, 15) is 4.79 Å². The summed E-state index contributed by atoms with van der Waals surface area (Å²) in [5.74, 6) is 0.295. The van der Waals surface area contributed by atoms with Gasteiger partial charge >= 0.3 is 0 Å². The molecule has 0 unspecified atom stereocenters. The van der Waals surface area contributed by atoms with Crippen molar-refractivity contribution < 1.29 is 9.53 Å². The average molecular weight is 282 g/mol. The Morgan fingerprint density at radius 1 is 1.58 bits per heavy atom. The van der Waals surface area contributed by atoms with Crippen molar-refractivity contribution in [1.82, 2.24) is 15.6 Å². The Labute approximate surface area is 116 Å². The maximum atomic E-state index is 12.1. The Hall–Kier alpha value is -1.33. The fourth-order valence-corrected chi connectivity index (χ4v) is 3.15. The maximum absolute atomic E-state index is 12.1. The van der Waals surface area contributed by atoms with E-state index in [2.05, 4.69) is 15.6 Å². The van der Waals surface area contributed by atoms with Crippen LogP contribution >= 0.6 is 11.6 Å². The Morgan fingerprint density at radius 3 is 3.00 bits per heavy atom. The molecular weight excluding hydrogens is 266 g/mol. The third kappa shape index (κ3) is 2.40. The molecule has 3 atom stereocenters. The first-order chi connectivity index (χ1) is 9.17. The smallest absolute Gasteiger partial charge is 0.270 e. The van der Waals surface area contributed by atoms with Crippen LogP contribution in [0.5, 0.6) is 5.75 Å². The minimum Gasteiger partial charge on any atom is -0.494 e. The van der Waals surface area contributed by atoms with Crippen molar-refractivity contribution in [2.24, 2.45) is 0 Å². The molecule has 19 heavy (non-hydrogen) atoms. The van der Waals surface area contributed by atoms with E-state index in [1.165, 1.54) is 25.8 Å². The van der Waals surface area contributed by atoms with Gasteiger partial charge in [-0.15, -0.1) is 0 Å². The van der Waals surface area contributed by atoms with Gasteiger partial charge in [-0.25, -0.2) is 4.98 Å². The monoisotopic (exact) mass is 281 g/mol. The van der Waals surface area contributed by atoms with Gasteiger partial charge in [0.1, 0.15) is 5.69 Å². The van der Waals surface area contributed by atoms with Gasteiger partial charge in [-0.05, 0) is 25.3 Å². The zero-order valence-corrected chi connectivity index (χ0v) is 11.4. The summed E-state index contributed by atoms with van der Waals surface area (Å²) in [5, 5.41) is 6.91. The number of aromatic nitrogens is 1. The topological polar surface area (TPSA) is 63.2 Å². The highest BCUT2D eigenvalue weighted by molar-refractivity contribution is 6.32. The molecule has 2 bridgehead atoms. The second-order valence-corrected chi connectivity index (χ2v) is 5.47. The summed E-state index contributed by atoms with van der Waals surface area (Å²) in [5.41, 5.74) is 0.327. The van der Waals surface area contributed by atoms with Crippen LogP contribution in [0.1, 0.15) is 29.8 Å². The number of carbonyl (C=O) groups is 1. The lowest BCUT2D eigenvalue weighted by molar-refractivity contribution is 0.0926. The quantitative estimate of drug-likeness (QED) is 0.878. The fourth-order valence-electron chi connectivity index (χ4n) is 2.92. The number of amides is 1. The molecule has 0 aromatic carbocycles. The van der Waals surface area contributed by atoms with E-state index in [0.29, 0.717) is 28.5 Å². The minimum atomic E-state index is -0.177. The van der Waals surface area contributed by atoms with Crippen LogP contribution in [0.2, 0.25) is 5.02 Å². The van der Waals surface area contributed by atoms with Crippen LogP contribution in [0, 0.1) is 0 Å². The first-order valence-corrected chi connectivity index (χ1v) is 6.81. The van der Waals surface area contributed by atoms with Crippen LogP contribution in [0.15, 0.2) is 12.3 Å². The Kier molecular flexibility index (Phi) is 3.33. The van der Waals surface area contributed by atoms with Gasteiger partial charge in [0, 0.05) is 18.1 Å². The molecule has 0 spiro atoms. The van der Waals surface area contributed by atoms with Crippen molar-refractivity contribution in [2.45, 2.75) is 37.4 Å². The van der Waals surface area contributed by atoms with Gasteiger partial charge in [-0.2, -0.15) is 0 Å². The molecule has 2 aliphatic rings. The van der Waals surface area contributed by atoms with E-state index >= 15 is 0 Å². The predicted octanol–water partition coefficient (Wildman–Crippen LogP) is 1.37. The molecule has 5 nitrogen and oxygen atoms in total. The maximum Gasteiger partial charge on any atom is 0.270 e. The molecule has 102 valence electrons. The highest BCUT2D eigenvalue weighted by Crippen LogP contribution is 2.28. The molecule has 0 radical (unpaired) electrons. The van der Waals surface area contributed by atoms with Crippen LogP contribution in [0.25, 0.3) is 0 Å². The van der Waals surface area contributed by atoms with Crippen LogP contribution < -0.4 is 15.4 Å². The molecule has 1 amide bonds. The van der Waals surface area contributed by atoms with E-state index in [4.69, 9.17) is 16.3 Å². The van der Waals surface area contributed by atoms with Crippen molar-refractivity contribution >= 4 is 17.5 Å². The second kappa shape index (κ2) is 4.98. The molecule has 2 fully saturated rings. The zero-order chi connectivity index (χ0) is 13.4. The number of pyridine rings is 1. The zero-order valence-electron chi connectivity index (χ0n) is 10.6. The normalized spacial score (nSPS) is 28.4. The van der Waals surface area contributed by atoms with Gasteiger partial charge in [0.15, 0.2) is 5.75 Å². The second-order valence-electron chi connectivity index (χ2n) is 5.07. The number of hydrogen-bond acceptors (Lipinski definition) is 4. The summed E-state index contributed by atoms with van der Waals surface area (Å²) in [6, 6.07) is 2.70. The van der Waals surface area contributed by atoms with Gasteiger partial charge in [-0.1, -0.05) is 11.6 Å². The Morgan fingerprint density at radius 2 is 2.42 bits per heavy atom. The highest BCUT2D eigenvalue weighted by Gasteiger charge is 2.39. The Balaban J connectivity index is 1.69. The molecular formula is C13H16ClN3O2. The van der Waals surface area contributed by atoms with Crippen LogP contribution in [-0.2, 0) is 0 Å². The van der Waals surface area contributed by atoms with E-state index in [1.807, 2.05) is 0 Å².